The molecule has 0 aromatic rings. The van der Waals surface area contributed by atoms with Crippen LogP contribution in [0.25, 0.3) is 0 Å². The van der Waals surface area contributed by atoms with Crippen LogP contribution < -0.4 is 0 Å². The van der Waals surface area contributed by atoms with E-state index < -0.39 is 0 Å². The molecule has 2 nitrogen and oxygen atoms in total. The molecular formula is C17H32O2. The summed E-state index contributed by atoms with van der Waals surface area (Å²) in [7, 11) is 0. The lowest BCUT2D eigenvalue weighted by atomic mass is 10.1. The number of allylic oxidation sites excluding steroid dienone is 2. The predicted octanol–water partition coefficient (Wildman–Crippen LogP) is 5.42. The number of hydrogen-bond acceptors (Lipinski definition) is 2. The van der Waals surface area contributed by atoms with Crippen LogP contribution in [0.5, 0.6) is 0 Å². The van der Waals surface area contributed by atoms with Gasteiger partial charge in [0, 0.05) is 6.92 Å². The van der Waals surface area contributed by atoms with Crippen molar-refractivity contribution in [3.05, 3.63) is 12.2 Å². The van der Waals surface area contributed by atoms with Crippen molar-refractivity contribution in [1.82, 2.24) is 0 Å². The van der Waals surface area contributed by atoms with E-state index in [1.54, 1.807) is 0 Å². The SMILES string of the molecule is CCCCCCCC/C=C\CCCCCOC(C)=O. The summed E-state index contributed by atoms with van der Waals surface area (Å²) in [4.78, 5) is 10.5. The highest BCUT2D eigenvalue weighted by atomic mass is 16.5. The van der Waals surface area contributed by atoms with E-state index >= 15 is 0 Å². The molecule has 0 aliphatic carbocycles. The van der Waals surface area contributed by atoms with Gasteiger partial charge in [-0.2, -0.15) is 0 Å². The summed E-state index contributed by atoms with van der Waals surface area (Å²) in [6.45, 7) is 4.30. The van der Waals surface area contributed by atoms with E-state index in [1.165, 1.54) is 58.3 Å². The highest BCUT2D eigenvalue weighted by molar-refractivity contribution is 5.65. The Hall–Kier alpha value is -0.790. The van der Waals surface area contributed by atoms with Crippen LogP contribution >= 0.6 is 0 Å². The Labute approximate surface area is 119 Å². The third-order valence-corrected chi connectivity index (χ3v) is 3.21. The molecule has 112 valence electrons. The molecule has 0 aliphatic rings. The van der Waals surface area contributed by atoms with Crippen molar-refractivity contribution in [2.45, 2.75) is 84.5 Å². The maximum absolute atomic E-state index is 10.5. The van der Waals surface area contributed by atoms with Gasteiger partial charge in [0.15, 0.2) is 0 Å². The van der Waals surface area contributed by atoms with E-state index in [0.717, 1.165) is 19.3 Å². The maximum Gasteiger partial charge on any atom is 0.302 e. The van der Waals surface area contributed by atoms with E-state index in [-0.39, 0.29) is 5.97 Å². The smallest absolute Gasteiger partial charge is 0.302 e. The van der Waals surface area contributed by atoms with Gasteiger partial charge < -0.3 is 4.74 Å². The van der Waals surface area contributed by atoms with Gasteiger partial charge in [0.1, 0.15) is 0 Å². The van der Waals surface area contributed by atoms with Crippen LogP contribution in [0.4, 0.5) is 0 Å². The van der Waals surface area contributed by atoms with E-state index in [0.29, 0.717) is 6.61 Å². The van der Waals surface area contributed by atoms with Gasteiger partial charge in [0.05, 0.1) is 6.61 Å². The van der Waals surface area contributed by atoms with E-state index in [1.807, 2.05) is 0 Å². The summed E-state index contributed by atoms with van der Waals surface area (Å²) < 4.78 is 4.88. The van der Waals surface area contributed by atoms with Gasteiger partial charge in [-0.05, 0) is 38.5 Å². The van der Waals surface area contributed by atoms with Gasteiger partial charge in [-0.25, -0.2) is 0 Å². The molecule has 0 bridgehead atoms. The Morgan fingerprint density at radius 2 is 1.37 bits per heavy atom. The first-order valence-electron chi connectivity index (χ1n) is 8.05. The molecule has 2 heteroatoms. The van der Waals surface area contributed by atoms with Crippen LogP contribution in [0, 0.1) is 0 Å². The van der Waals surface area contributed by atoms with Crippen molar-refractivity contribution in [3.63, 3.8) is 0 Å². The zero-order chi connectivity index (χ0) is 14.2. The molecule has 0 N–H and O–H groups in total. The number of carbonyl (C=O) groups excluding carboxylic acids is 1. The fourth-order valence-electron chi connectivity index (χ4n) is 2.04. The van der Waals surface area contributed by atoms with Crippen LogP contribution in [0.2, 0.25) is 0 Å². The first kappa shape index (κ1) is 18.2. The molecular weight excluding hydrogens is 236 g/mol. The molecule has 0 saturated heterocycles. The fraction of sp³-hybridized carbons (Fsp3) is 0.824. The van der Waals surface area contributed by atoms with Gasteiger partial charge in [0.2, 0.25) is 0 Å². The monoisotopic (exact) mass is 268 g/mol. The minimum absolute atomic E-state index is 0.168. The van der Waals surface area contributed by atoms with Gasteiger partial charge >= 0.3 is 5.97 Å². The molecule has 0 radical (unpaired) electrons. The standard InChI is InChI=1S/C17H32O2/c1-3-4-5-6-7-8-9-10-11-12-13-14-15-16-19-17(2)18/h10-11H,3-9,12-16H2,1-2H3/b11-10-. The third-order valence-electron chi connectivity index (χ3n) is 3.21. The van der Waals surface area contributed by atoms with Crippen molar-refractivity contribution in [3.8, 4) is 0 Å². The Kier molecular flexibility index (Phi) is 14.6. The van der Waals surface area contributed by atoms with Crippen molar-refractivity contribution in [2.24, 2.45) is 0 Å². The highest BCUT2D eigenvalue weighted by Crippen LogP contribution is 2.08. The second kappa shape index (κ2) is 15.3. The topological polar surface area (TPSA) is 26.3 Å². The summed E-state index contributed by atoms with van der Waals surface area (Å²) in [5.74, 6) is -0.168. The minimum Gasteiger partial charge on any atom is -0.466 e. The molecule has 0 heterocycles. The molecule has 0 unspecified atom stereocenters. The molecule has 19 heavy (non-hydrogen) atoms. The van der Waals surface area contributed by atoms with Crippen molar-refractivity contribution < 1.29 is 9.53 Å². The van der Waals surface area contributed by atoms with Crippen LogP contribution in [-0.4, -0.2) is 12.6 Å². The third kappa shape index (κ3) is 17.2. The zero-order valence-electron chi connectivity index (χ0n) is 13.0. The predicted molar refractivity (Wildman–Crippen MR) is 82.2 cm³/mol. The molecule has 0 fully saturated rings. The number of hydrogen-bond donors (Lipinski definition) is 0. The molecule has 0 saturated carbocycles. The fourth-order valence-corrected chi connectivity index (χ4v) is 2.04. The van der Waals surface area contributed by atoms with Crippen molar-refractivity contribution in [1.29, 1.82) is 0 Å². The average Bonchev–Trinajstić information content (AvgIpc) is 2.39. The van der Waals surface area contributed by atoms with Crippen LogP contribution in [0.15, 0.2) is 12.2 Å². The summed E-state index contributed by atoms with van der Waals surface area (Å²) >= 11 is 0. The van der Waals surface area contributed by atoms with Gasteiger partial charge in [-0.15, -0.1) is 0 Å². The molecule has 0 aliphatic heterocycles. The first-order chi connectivity index (χ1) is 9.27. The van der Waals surface area contributed by atoms with Crippen LogP contribution in [-0.2, 0) is 9.53 Å². The number of rotatable bonds is 13. The van der Waals surface area contributed by atoms with Gasteiger partial charge in [-0.3, -0.25) is 4.79 Å². The molecule has 0 rings (SSSR count). The van der Waals surface area contributed by atoms with E-state index in [4.69, 9.17) is 4.74 Å². The number of carbonyl (C=O) groups is 1. The van der Waals surface area contributed by atoms with Crippen molar-refractivity contribution >= 4 is 5.97 Å². The second-order valence-corrected chi connectivity index (χ2v) is 5.22. The summed E-state index contributed by atoms with van der Waals surface area (Å²) in [5, 5.41) is 0. The molecule has 0 atom stereocenters. The maximum atomic E-state index is 10.5. The van der Waals surface area contributed by atoms with Crippen molar-refractivity contribution in [2.75, 3.05) is 6.61 Å². The average molecular weight is 268 g/mol. The Morgan fingerprint density at radius 1 is 0.842 bits per heavy atom. The number of ether oxygens (including phenoxy) is 1. The number of esters is 1. The lowest BCUT2D eigenvalue weighted by Crippen LogP contribution is -1.99. The largest absolute Gasteiger partial charge is 0.466 e. The molecule has 0 aromatic carbocycles. The van der Waals surface area contributed by atoms with Crippen LogP contribution in [0.1, 0.15) is 84.5 Å². The van der Waals surface area contributed by atoms with Gasteiger partial charge in [-0.1, -0.05) is 51.2 Å². The second-order valence-electron chi connectivity index (χ2n) is 5.22. The highest BCUT2D eigenvalue weighted by Gasteiger charge is 1.92. The molecule has 0 amide bonds. The zero-order valence-corrected chi connectivity index (χ0v) is 13.0. The first-order valence-corrected chi connectivity index (χ1v) is 8.05. The summed E-state index contributed by atoms with van der Waals surface area (Å²) in [5.41, 5.74) is 0. The Balaban J connectivity index is 3.07. The molecule has 0 spiro atoms. The lowest BCUT2D eigenvalue weighted by Gasteiger charge is -2.00. The van der Waals surface area contributed by atoms with E-state index in [2.05, 4.69) is 19.1 Å². The summed E-state index contributed by atoms with van der Waals surface area (Å²) in [6, 6.07) is 0. The number of unbranched alkanes of at least 4 members (excludes halogenated alkanes) is 9. The quantitative estimate of drug-likeness (QED) is 0.253. The minimum atomic E-state index is -0.168. The Morgan fingerprint density at radius 3 is 1.95 bits per heavy atom. The Bertz CT molecular complexity index is 221. The van der Waals surface area contributed by atoms with E-state index in [9.17, 15) is 4.79 Å². The molecule has 0 aromatic heterocycles. The lowest BCUT2D eigenvalue weighted by molar-refractivity contribution is -0.141. The normalized spacial score (nSPS) is 11.1. The summed E-state index contributed by atoms with van der Waals surface area (Å²) in [6.07, 6.45) is 18.6. The van der Waals surface area contributed by atoms with Crippen LogP contribution in [0.3, 0.4) is 0 Å². The van der Waals surface area contributed by atoms with Gasteiger partial charge in [0.25, 0.3) is 0 Å².